The van der Waals surface area contributed by atoms with Crippen LogP contribution >= 0.6 is 0 Å². The second-order valence-electron chi connectivity index (χ2n) is 5.73. The summed E-state index contributed by atoms with van der Waals surface area (Å²) in [5.41, 5.74) is 2.18. The van der Waals surface area contributed by atoms with Crippen LogP contribution in [0.25, 0.3) is 0 Å². The number of hydrogen-bond donors (Lipinski definition) is 2. The topological polar surface area (TPSA) is 85.2 Å². The van der Waals surface area contributed by atoms with E-state index in [2.05, 4.69) is 0 Å². The van der Waals surface area contributed by atoms with Crippen LogP contribution in [0.5, 0.6) is 5.75 Å². The summed E-state index contributed by atoms with van der Waals surface area (Å²) >= 11 is 0. The Hall–Kier alpha value is -1.57. The molecule has 7 heteroatoms. The molecule has 1 fully saturated rings. The molecule has 0 aromatic heterocycles. The van der Waals surface area contributed by atoms with Crippen molar-refractivity contribution in [2.24, 2.45) is 0 Å². The molecule has 22 heavy (non-hydrogen) atoms. The average molecular weight is 306 g/mol. The summed E-state index contributed by atoms with van der Waals surface area (Å²) in [4.78, 5) is 10.9. The predicted molar refractivity (Wildman–Crippen MR) is 79.1 cm³/mol. The molecule has 1 aromatic rings. The lowest BCUT2D eigenvalue weighted by molar-refractivity contribution is -0.138. The molecular formula is C15H19BO6. The highest BCUT2D eigenvalue weighted by atomic mass is 16.7. The first kappa shape index (κ1) is 15.3. The molecule has 2 unspecified atom stereocenters. The van der Waals surface area contributed by atoms with Crippen molar-refractivity contribution in [3.63, 3.8) is 0 Å². The van der Waals surface area contributed by atoms with Gasteiger partial charge in [-0.1, -0.05) is 0 Å². The SMILES string of the molecule is Cc1cc(OC2CCCCO2)cc2c1C(CC(=O)O)OB2O. The fourth-order valence-corrected chi connectivity index (χ4v) is 3.07. The summed E-state index contributed by atoms with van der Waals surface area (Å²) in [6.07, 6.45) is 1.91. The smallest absolute Gasteiger partial charge is 0.481 e. The summed E-state index contributed by atoms with van der Waals surface area (Å²) < 4.78 is 16.7. The lowest BCUT2D eigenvalue weighted by Gasteiger charge is -2.24. The molecule has 0 aliphatic carbocycles. The van der Waals surface area contributed by atoms with Crippen LogP contribution in [0.1, 0.15) is 42.9 Å². The zero-order chi connectivity index (χ0) is 15.7. The molecule has 0 radical (unpaired) electrons. The third-order valence-corrected chi connectivity index (χ3v) is 4.04. The van der Waals surface area contributed by atoms with Gasteiger partial charge in [0.2, 0.25) is 0 Å². The molecule has 0 saturated carbocycles. The Morgan fingerprint density at radius 1 is 1.45 bits per heavy atom. The third-order valence-electron chi connectivity index (χ3n) is 4.04. The molecular weight excluding hydrogens is 287 g/mol. The van der Waals surface area contributed by atoms with Gasteiger partial charge in [0, 0.05) is 6.42 Å². The highest BCUT2D eigenvalue weighted by Crippen LogP contribution is 2.32. The molecule has 1 aromatic carbocycles. The minimum atomic E-state index is -1.12. The molecule has 0 bridgehead atoms. The first-order chi connectivity index (χ1) is 10.5. The van der Waals surface area contributed by atoms with E-state index in [9.17, 15) is 9.82 Å². The molecule has 1 saturated heterocycles. The van der Waals surface area contributed by atoms with Crippen LogP contribution in [0.3, 0.4) is 0 Å². The van der Waals surface area contributed by atoms with E-state index >= 15 is 0 Å². The van der Waals surface area contributed by atoms with Gasteiger partial charge in [-0.2, -0.15) is 0 Å². The molecule has 2 atom stereocenters. The van der Waals surface area contributed by atoms with Crippen molar-refractivity contribution in [3.8, 4) is 5.75 Å². The second kappa shape index (κ2) is 6.28. The Balaban J connectivity index is 1.83. The van der Waals surface area contributed by atoms with Crippen molar-refractivity contribution in [2.75, 3.05) is 6.61 Å². The van der Waals surface area contributed by atoms with Crippen LogP contribution in [0.4, 0.5) is 0 Å². The van der Waals surface area contributed by atoms with Crippen molar-refractivity contribution in [3.05, 3.63) is 23.3 Å². The highest BCUT2D eigenvalue weighted by molar-refractivity contribution is 6.62. The Bertz CT molecular complexity index is 569. The maximum atomic E-state index is 10.9. The van der Waals surface area contributed by atoms with Gasteiger partial charge >= 0.3 is 13.1 Å². The average Bonchev–Trinajstić information content (AvgIpc) is 2.76. The first-order valence-electron chi connectivity index (χ1n) is 7.52. The van der Waals surface area contributed by atoms with Gasteiger partial charge in [-0.15, -0.1) is 0 Å². The number of aliphatic carboxylic acids is 1. The van der Waals surface area contributed by atoms with Gasteiger partial charge in [-0.05, 0) is 48.5 Å². The molecule has 3 rings (SSSR count). The number of carboxylic acid groups (broad SMARTS) is 1. The number of benzene rings is 1. The van der Waals surface area contributed by atoms with E-state index in [1.165, 1.54) is 0 Å². The van der Waals surface area contributed by atoms with Crippen LogP contribution in [0.15, 0.2) is 12.1 Å². The lowest BCUT2D eigenvalue weighted by Crippen LogP contribution is -2.30. The molecule has 0 amide bonds. The predicted octanol–water partition coefficient (Wildman–Crippen LogP) is 1.13. The zero-order valence-electron chi connectivity index (χ0n) is 12.4. The van der Waals surface area contributed by atoms with E-state index in [1.54, 1.807) is 6.07 Å². The molecule has 118 valence electrons. The number of hydrogen-bond acceptors (Lipinski definition) is 5. The van der Waals surface area contributed by atoms with E-state index in [4.69, 9.17) is 19.2 Å². The fraction of sp³-hybridized carbons (Fsp3) is 0.533. The standard InChI is InChI=1S/C15H19BO6/c1-9-6-10(21-14-4-2-3-5-20-14)7-11-15(9)12(8-13(17)18)22-16(11)19/h6-7,12,14,19H,2-5,8H2,1H3,(H,17,18). The summed E-state index contributed by atoms with van der Waals surface area (Å²) in [5, 5.41) is 19.0. The van der Waals surface area contributed by atoms with Crippen molar-refractivity contribution < 1.29 is 29.1 Å². The minimum Gasteiger partial charge on any atom is -0.481 e. The summed E-state index contributed by atoms with van der Waals surface area (Å²) in [6.45, 7) is 2.56. The fourth-order valence-electron chi connectivity index (χ4n) is 3.07. The van der Waals surface area contributed by atoms with Gasteiger partial charge in [0.05, 0.1) is 19.1 Å². The molecule has 0 spiro atoms. The Morgan fingerprint density at radius 2 is 2.27 bits per heavy atom. The van der Waals surface area contributed by atoms with E-state index in [0.29, 0.717) is 17.8 Å². The number of ether oxygens (including phenoxy) is 2. The Kier molecular flexibility index (Phi) is 4.38. The van der Waals surface area contributed by atoms with Crippen LogP contribution < -0.4 is 10.2 Å². The number of aryl methyl sites for hydroxylation is 1. The normalized spacial score (nSPS) is 24.2. The van der Waals surface area contributed by atoms with Crippen LogP contribution in [-0.2, 0) is 14.2 Å². The van der Waals surface area contributed by atoms with Crippen molar-refractivity contribution >= 4 is 18.6 Å². The van der Waals surface area contributed by atoms with Crippen molar-refractivity contribution in [1.82, 2.24) is 0 Å². The minimum absolute atomic E-state index is 0.170. The zero-order valence-corrected chi connectivity index (χ0v) is 12.4. The molecule has 2 aliphatic rings. The van der Waals surface area contributed by atoms with E-state index in [1.807, 2.05) is 13.0 Å². The van der Waals surface area contributed by atoms with Gasteiger partial charge in [0.15, 0.2) is 6.29 Å². The first-order valence-corrected chi connectivity index (χ1v) is 7.52. The number of carboxylic acids is 1. The maximum absolute atomic E-state index is 10.9. The second-order valence-corrected chi connectivity index (χ2v) is 5.73. The van der Waals surface area contributed by atoms with Crippen LogP contribution in [0, 0.1) is 6.92 Å². The van der Waals surface area contributed by atoms with Crippen molar-refractivity contribution in [2.45, 2.75) is 45.0 Å². The van der Waals surface area contributed by atoms with E-state index in [0.717, 1.165) is 30.4 Å². The van der Waals surface area contributed by atoms with Gasteiger partial charge in [-0.25, -0.2) is 0 Å². The molecule has 2 N–H and O–H groups in total. The maximum Gasteiger partial charge on any atom is 0.492 e. The van der Waals surface area contributed by atoms with E-state index in [-0.39, 0.29) is 12.7 Å². The highest BCUT2D eigenvalue weighted by Gasteiger charge is 2.38. The van der Waals surface area contributed by atoms with Gasteiger partial charge in [-0.3, -0.25) is 4.79 Å². The molecule has 6 nitrogen and oxygen atoms in total. The molecule has 2 aliphatic heterocycles. The molecule has 2 heterocycles. The Morgan fingerprint density at radius 3 is 2.95 bits per heavy atom. The lowest BCUT2D eigenvalue weighted by atomic mass is 9.77. The third kappa shape index (κ3) is 3.11. The monoisotopic (exact) mass is 306 g/mol. The largest absolute Gasteiger partial charge is 0.492 e. The van der Waals surface area contributed by atoms with Crippen LogP contribution in [0.2, 0.25) is 0 Å². The Labute approximate surface area is 129 Å². The van der Waals surface area contributed by atoms with Crippen molar-refractivity contribution in [1.29, 1.82) is 0 Å². The summed E-state index contributed by atoms with van der Waals surface area (Å²) in [5.74, 6) is -0.345. The number of rotatable bonds is 4. The van der Waals surface area contributed by atoms with Crippen LogP contribution in [-0.4, -0.2) is 36.1 Å². The summed E-state index contributed by atoms with van der Waals surface area (Å²) in [6, 6.07) is 3.56. The van der Waals surface area contributed by atoms with Gasteiger partial charge < -0.3 is 24.3 Å². The van der Waals surface area contributed by atoms with Gasteiger partial charge in [0.1, 0.15) is 5.75 Å². The van der Waals surface area contributed by atoms with Gasteiger partial charge in [0.25, 0.3) is 0 Å². The number of carbonyl (C=O) groups is 1. The number of fused-ring (bicyclic) bond motifs is 1. The summed E-state index contributed by atoms with van der Waals surface area (Å²) in [7, 11) is -1.12. The van der Waals surface area contributed by atoms with E-state index < -0.39 is 19.2 Å². The quantitative estimate of drug-likeness (QED) is 0.811.